The van der Waals surface area contributed by atoms with E-state index in [9.17, 15) is 0 Å². The fraction of sp³-hybridized carbons (Fsp3) is 0.800. The van der Waals surface area contributed by atoms with Crippen LogP contribution in [0.5, 0.6) is 0 Å². The highest BCUT2D eigenvalue weighted by molar-refractivity contribution is 5.01. The Balaban J connectivity index is 2.13. The van der Waals surface area contributed by atoms with Crippen LogP contribution in [0.2, 0.25) is 0 Å². The molecule has 0 aromatic carbocycles. The van der Waals surface area contributed by atoms with Crippen molar-refractivity contribution in [2.24, 2.45) is 0 Å². The third-order valence-corrected chi connectivity index (χ3v) is 2.24. The van der Waals surface area contributed by atoms with Gasteiger partial charge in [-0.2, -0.15) is 0 Å². The molecule has 1 saturated heterocycles. The lowest BCUT2D eigenvalue weighted by Crippen LogP contribution is -2.44. The lowest BCUT2D eigenvalue weighted by molar-refractivity contribution is 0.168. The number of methoxy groups -OCH3 is 1. The van der Waals surface area contributed by atoms with Gasteiger partial charge in [-0.3, -0.25) is 4.90 Å². The Labute approximate surface area is 80.7 Å². The smallest absolute Gasteiger partial charge is 0.107 e. The summed E-state index contributed by atoms with van der Waals surface area (Å²) in [4.78, 5) is 4.72. The first-order valence-electron chi connectivity index (χ1n) is 4.68. The summed E-state index contributed by atoms with van der Waals surface area (Å²) in [5.41, 5.74) is 0. The van der Waals surface area contributed by atoms with Gasteiger partial charge in [-0.25, -0.2) is 0 Å². The minimum absolute atomic E-state index is 0.549. The van der Waals surface area contributed by atoms with Crippen molar-refractivity contribution < 1.29 is 4.74 Å². The Kier molecular flexibility index (Phi) is 4.84. The zero-order chi connectivity index (χ0) is 9.52. The molecule has 0 bridgehead atoms. The van der Waals surface area contributed by atoms with E-state index in [0.717, 1.165) is 32.7 Å². The van der Waals surface area contributed by atoms with Crippen LogP contribution in [0.1, 0.15) is 0 Å². The maximum atomic E-state index is 4.85. The predicted molar refractivity (Wildman–Crippen MR) is 53.6 cm³/mol. The molecule has 1 aliphatic rings. The zero-order valence-corrected chi connectivity index (χ0v) is 8.55. The van der Waals surface area contributed by atoms with E-state index in [2.05, 4.69) is 28.7 Å². The average Bonchev–Trinajstić information content (AvgIpc) is 2.15. The summed E-state index contributed by atoms with van der Waals surface area (Å²) in [6.07, 6.45) is 0. The van der Waals surface area contributed by atoms with Crippen molar-refractivity contribution in [3.05, 3.63) is 0 Å². The lowest BCUT2D eigenvalue weighted by atomic mass is 10.3. The van der Waals surface area contributed by atoms with Crippen LogP contribution in [0.15, 0.2) is 0 Å². The molecule has 0 saturated carbocycles. The molecule has 0 amide bonds. The molecule has 1 aliphatic heterocycles. The normalized spacial score (nSPS) is 19.5. The highest BCUT2D eigenvalue weighted by atomic mass is 16.5. The third kappa shape index (κ3) is 4.28. The van der Waals surface area contributed by atoms with Crippen LogP contribution in [-0.4, -0.2) is 63.3 Å². The molecule has 1 fully saturated rings. The van der Waals surface area contributed by atoms with E-state index in [1.165, 1.54) is 0 Å². The minimum Gasteiger partial charge on any atom is -0.372 e. The molecule has 0 atom stereocenters. The Bertz CT molecular complexity index is 187. The second-order valence-electron chi connectivity index (χ2n) is 3.37. The molecule has 1 heterocycles. The van der Waals surface area contributed by atoms with E-state index in [1.807, 2.05) is 0 Å². The van der Waals surface area contributed by atoms with Gasteiger partial charge in [0, 0.05) is 33.3 Å². The SMILES string of the molecule is COCC#CCN1CCN(C)CC1. The van der Waals surface area contributed by atoms with E-state index in [0.29, 0.717) is 6.61 Å². The van der Waals surface area contributed by atoms with Gasteiger partial charge in [-0.15, -0.1) is 0 Å². The number of likely N-dealkylation sites (N-methyl/N-ethyl adjacent to an activating group) is 1. The van der Waals surface area contributed by atoms with Crippen LogP contribution in [0.3, 0.4) is 0 Å². The molecule has 0 N–H and O–H groups in total. The number of nitrogens with zero attached hydrogens (tertiary/aromatic N) is 2. The van der Waals surface area contributed by atoms with Gasteiger partial charge in [-0.1, -0.05) is 11.8 Å². The van der Waals surface area contributed by atoms with Gasteiger partial charge in [0.2, 0.25) is 0 Å². The van der Waals surface area contributed by atoms with Gasteiger partial charge < -0.3 is 9.64 Å². The second kappa shape index (κ2) is 5.98. The largest absolute Gasteiger partial charge is 0.372 e. The van der Waals surface area contributed by atoms with Crippen molar-refractivity contribution in [2.75, 3.05) is 53.5 Å². The first-order valence-corrected chi connectivity index (χ1v) is 4.68. The number of piperazine rings is 1. The van der Waals surface area contributed by atoms with Crippen LogP contribution < -0.4 is 0 Å². The second-order valence-corrected chi connectivity index (χ2v) is 3.37. The van der Waals surface area contributed by atoms with E-state index < -0.39 is 0 Å². The quantitative estimate of drug-likeness (QED) is 0.554. The highest BCUT2D eigenvalue weighted by Crippen LogP contribution is 1.96. The Morgan fingerprint density at radius 1 is 1.15 bits per heavy atom. The van der Waals surface area contributed by atoms with Crippen LogP contribution in [-0.2, 0) is 4.74 Å². The first-order chi connectivity index (χ1) is 6.33. The van der Waals surface area contributed by atoms with E-state index >= 15 is 0 Å². The fourth-order valence-corrected chi connectivity index (χ4v) is 1.30. The molecule has 0 spiro atoms. The van der Waals surface area contributed by atoms with Gasteiger partial charge in [-0.05, 0) is 7.05 Å². The number of rotatable bonds is 2. The molecule has 0 radical (unpaired) electrons. The topological polar surface area (TPSA) is 15.7 Å². The van der Waals surface area contributed by atoms with Gasteiger partial charge in [0.15, 0.2) is 0 Å². The predicted octanol–water partition coefficient (Wildman–Crippen LogP) is -0.116. The molecule has 3 heteroatoms. The van der Waals surface area contributed by atoms with Gasteiger partial charge in [0.25, 0.3) is 0 Å². The molecular weight excluding hydrogens is 164 g/mol. The van der Waals surface area contributed by atoms with Crippen molar-refractivity contribution in [1.29, 1.82) is 0 Å². The molecule has 0 unspecified atom stereocenters. The van der Waals surface area contributed by atoms with Gasteiger partial charge >= 0.3 is 0 Å². The fourth-order valence-electron chi connectivity index (χ4n) is 1.30. The summed E-state index contributed by atoms with van der Waals surface area (Å²) < 4.78 is 4.85. The van der Waals surface area contributed by atoms with Crippen LogP contribution in [0.4, 0.5) is 0 Å². The number of hydrogen-bond donors (Lipinski definition) is 0. The van der Waals surface area contributed by atoms with Gasteiger partial charge in [0.1, 0.15) is 6.61 Å². The number of ether oxygens (including phenoxy) is 1. The standard InChI is InChI=1S/C10H18N2O/c1-11-6-8-12(9-7-11)5-3-4-10-13-2/h5-10H2,1-2H3. The molecule has 0 aliphatic carbocycles. The molecule has 3 nitrogen and oxygen atoms in total. The van der Waals surface area contributed by atoms with Crippen molar-refractivity contribution >= 4 is 0 Å². The Morgan fingerprint density at radius 3 is 2.46 bits per heavy atom. The summed E-state index contributed by atoms with van der Waals surface area (Å²) in [7, 11) is 3.83. The molecule has 74 valence electrons. The molecule has 13 heavy (non-hydrogen) atoms. The summed E-state index contributed by atoms with van der Waals surface area (Å²) in [5.74, 6) is 6.07. The number of hydrogen-bond acceptors (Lipinski definition) is 3. The maximum absolute atomic E-state index is 4.85. The molecule has 0 aromatic heterocycles. The highest BCUT2D eigenvalue weighted by Gasteiger charge is 2.11. The molecule has 0 aromatic rings. The van der Waals surface area contributed by atoms with E-state index in [-0.39, 0.29) is 0 Å². The van der Waals surface area contributed by atoms with Crippen molar-refractivity contribution in [3.8, 4) is 11.8 Å². The zero-order valence-electron chi connectivity index (χ0n) is 8.55. The van der Waals surface area contributed by atoms with Gasteiger partial charge in [0.05, 0.1) is 6.54 Å². The Morgan fingerprint density at radius 2 is 1.85 bits per heavy atom. The minimum atomic E-state index is 0.549. The van der Waals surface area contributed by atoms with E-state index in [1.54, 1.807) is 7.11 Å². The summed E-state index contributed by atoms with van der Waals surface area (Å²) in [5, 5.41) is 0. The van der Waals surface area contributed by atoms with Crippen molar-refractivity contribution in [1.82, 2.24) is 9.80 Å². The van der Waals surface area contributed by atoms with Crippen LogP contribution in [0, 0.1) is 11.8 Å². The van der Waals surface area contributed by atoms with E-state index in [4.69, 9.17) is 4.74 Å². The first kappa shape index (κ1) is 10.5. The van der Waals surface area contributed by atoms with Crippen LogP contribution >= 0.6 is 0 Å². The Hall–Kier alpha value is -0.560. The van der Waals surface area contributed by atoms with Crippen molar-refractivity contribution in [3.63, 3.8) is 0 Å². The maximum Gasteiger partial charge on any atom is 0.107 e. The third-order valence-electron chi connectivity index (χ3n) is 2.24. The lowest BCUT2D eigenvalue weighted by Gasteiger charge is -2.30. The van der Waals surface area contributed by atoms with Crippen molar-refractivity contribution in [2.45, 2.75) is 0 Å². The average molecular weight is 182 g/mol. The summed E-state index contributed by atoms with van der Waals surface area (Å²) in [6.45, 7) is 6.03. The summed E-state index contributed by atoms with van der Waals surface area (Å²) >= 11 is 0. The monoisotopic (exact) mass is 182 g/mol. The molecule has 1 rings (SSSR count). The van der Waals surface area contributed by atoms with Crippen LogP contribution in [0.25, 0.3) is 0 Å². The summed E-state index contributed by atoms with van der Waals surface area (Å²) in [6, 6.07) is 0. The molecular formula is C10H18N2O.